The monoisotopic (exact) mass is 295 g/mol. The van der Waals surface area contributed by atoms with Gasteiger partial charge in [0.15, 0.2) is 9.84 Å². The van der Waals surface area contributed by atoms with E-state index >= 15 is 0 Å². The maximum absolute atomic E-state index is 11.4. The highest BCUT2D eigenvalue weighted by Crippen LogP contribution is 2.15. The van der Waals surface area contributed by atoms with Gasteiger partial charge in [-0.15, -0.1) is 0 Å². The molecule has 0 aliphatic carbocycles. The number of hydrogen-bond donors (Lipinski definition) is 1. The number of aliphatic carboxylic acids is 1. The minimum atomic E-state index is -2.87. The second kappa shape index (κ2) is 6.19. The van der Waals surface area contributed by atoms with Gasteiger partial charge in [-0.05, 0) is 17.2 Å². The molecule has 5 nitrogen and oxygen atoms in total. The van der Waals surface area contributed by atoms with Gasteiger partial charge in [0, 0.05) is 25.7 Å². The third-order valence-corrected chi connectivity index (χ3v) is 4.90. The van der Waals surface area contributed by atoms with E-state index in [1.807, 2.05) is 24.3 Å². The molecule has 1 saturated heterocycles. The van der Waals surface area contributed by atoms with Crippen molar-refractivity contribution < 1.29 is 18.3 Å². The number of rotatable bonds is 4. The fourth-order valence-electron chi connectivity index (χ4n) is 2.15. The Bertz CT molecular complexity index is 608. The minimum Gasteiger partial charge on any atom is -0.478 e. The van der Waals surface area contributed by atoms with E-state index in [0.29, 0.717) is 19.6 Å². The lowest BCUT2D eigenvalue weighted by atomic mass is 10.1. The first-order valence-electron chi connectivity index (χ1n) is 6.38. The van der Waals surface area contributed by atoms with E-state index in [0.717, 1.165) is 17.2 Å². The lowest BCUT2D eigenvalue weighted by Gasteiger charge is -2.27. The van der Waals surface area contributed by atoms with Crippen molar-refractivity contribution in [2.24, 2.45) is 0 Å². The van der Waals surface area contributed by atoms with Crippen molar-refractivity contribution in [2.75, 3.05) is 24.6 Å². The first-order valence-corrected chi connectivity index (χ1v) is 8.20. The molecule has 0 unspecified atom stereocenters. The van der Waals surface area contributed by atoms with Crippen molar-refractivity contribution >= 4 is 21.9 Å². The van der Waals surface area contributed by atoms with Crippen LogP contribution in [0.1, 0.15) is 11.1 Å². The molecule has 1 aliphatic rings. The molecule has 0 aromatic heterocycles. The highest BCUT2D eigenvalue weighted by atomic mass is 32.2. The van der Waals surface area contributed by atoms with Gasteiger partial charge in [0.2, 0.25) is 0 Å². The number of carboxylic acid groups (broad SMARTS) is 1. The Kier molecular flexibility index (Phi) is 4.57. The average Bonchev–Trinajstić information content (AvgIpc) is 2.40. The van der Waals surface area contributed by atoms with Gasteiger partial charge in [0.25, 0.3) is 0 Å². The van der Waals surface area contributed by atoms with Crippen LogP contribution in [0.15, 0.2) is 30.3 Å². The van der Waals surface area contributed by atoms with Gasteiger partial charge in [-0.1, -0.05) is 24.3 Å². The van der Waals surface area contributed by atoms with Crippen LogP contribution in [-0.2, 0) is 21.2 Å². The highest BCUT2D eigenvalue weighted by molar-refractivity contribution is 7.91. The van der Waals surface area contributed by atoms with Gasteiger partial charge in [-0.3, -0.25) is 4.90 Å². The van der Waals surface area contributed by atoms with E-state index < -0.39 is 15.8 Å². The van der Waals surface area contributed by atoms with Gasteiger partial charge in [-0.2, -0.15) is 0 Å². The number of hydrogen-bond acceptors (Lipinski definition) is 4. The molecular weight excluding hydrogens is 278 g/mol. The minimum absolute atomic E-state index is 0.195. The van der Waals surface area contributed by atoms with E-state index in [1.54, 1.807) is 6.08 Å². The number of nitrogens with zero attached hydrogens (tertiary/aromatic N) is 1. The quantitative estimate of drug-likeness (QED) is 0.839. The average molecular weight is 295 g/mol. The highest BCUT2D eigenvalue weighted by Gasteiger charge is 2.21. The van der Waals surface area contributed by atoms with E-state index in [-0.39, 0.29) is 11.5 Å². The summed E-state index contributed by atoms with van der Waals surface area (Å²) in [5.74, 6) is -0.593. The Balaban J connectivity index is 2.08. The normalized spacial score (nSPS) is 19.2. The smallest absolute Gasteiger partial charge is 0.328 e. The molecule has 1 heterocycles. The molecule has 0 bridgehead atoms. The summed E-state index contributed by atoms with van der Waals surface area (Å²) in [6.45, 7) is 1.69. The molecule has 1 aromatic rings. The molecule has 0 spiro atoms. The van der Waals surface area contributed by atoms with Gasteiger partial charge in [-0.25, -0.2) is 13.2 Å². The van der Waals surface area contributed by atoms with Crippen LogP contribution in [0, 0.1) is 0 Å². The SMILES string of the molecule is O=C(O)C=Cc1ccccc1CN1CCS(=O)(=O)CC1. The second-order valence-corrected chi connectivity index (χ2v) is 7.10. The topological polar surface area (TPSA) is 74.7 Å². The van der Waals surface area contributed by atoms with Crippen molar-refractivity contribution in [3.8, 4) is 0 Å². The summed E-state index contributed by atoms with van der Waals surface area (Å²) in [6.07, 6.45) is 2.68. The molecule has 0 saturated carbocycles. The van der Waals surface area contributed by atoms with Gasteiger partial charge in [0.1, 0.15) is 0 Å². The zero-order valence-corrected chi connectivity index (χ0v) is 11.8. The molecule has 1 aromatic carbocycles. The molecule has 20 heavy (non-hydrogen) atoms. The van der Waals surface area contributed by atoms with Crippen molar-refractivity contribution in [1.82, 2.24) is 4.90 Å². The van der Waals surface area contributed by atoms with Crippen molar-refractivity contribution in [3.63, 3.8) is 0 Å². The summed E-state index contributed by atoms with van der Waals surface area (Å²) >= 11 is 0. The van der Waals surface area contributed by atoms with Gasteiger partial charge >= 0.3 is 5.97 Å². The van der Waals surface area contributed by atoms with Crippen LogP contribution in [0.2, 0.25) is 0 Å². The van der Waals surface area contributed by atoms with Gasteiger partial charge in [0.05, 0.1) is 11.5 Å². The van der Waals surface area contributed by atoms with Crippen LogP contribution in [0.3, 0.4) is 0 Å². The maximum atomic E-state index is 11.4. The number of carboxylic acids is 1. The molecule has 1 fully saturated rings. The van der Waals surface area contributed by atoms with E-state index in [1.165, 1.54) is 0 Å². The van der Waals surface area contributed by atoms with Crippen LogP contribution in [0.25, 0.3) is 6.08 Å². The van der Waals surface area contributed by atoms with E-state index in [9.17, 15) is 13.2 Å². The molecule has 0 amide bonds. The van der Waals surface area contributed by atoms with Crippen molar-refractivity contribution in [3.05, 3.63) is 41.5 Å². The third-order valence-electron chi connectivity index (χ3n) is 3.29. The summed E-state index contributed by atoms with van der Waals surface area (Å²) in [7, 11) is -2.87. The van der Waals surface area contributed by atoms with Crippen molar-refractivity contribution in [2.45, 2.75) is 6.54 Å². The molecule has 1 N–H and O–H groups in total. The zero-order chi connectivity index (χ0) is 14.6. The summed E-state index contributed by atoms with van der Waals surface area (Å²) < 4.78 is 22.8. The standard InChI is InChI=1S/C14H17NO4S/c16-14(17)6-5-12-3-1-2-4-13(12)11-15-7-9-20(18,19)10-8-15/h1-6H,7-11H2,(H,16,17). The summed E-state index contributed by atoms with van der Waals surface area (Å²) in [6, 6.07) is 7.54. The third kappa shape index (κ3) is 4.18. The maximum Gasteiger partial charge on any atom is 0.328 e. The molecule has 2 rings (SSSR count). The lowest BCUT2D eigenvalue weighted by molar-refractivity contribution is -0.131. The Morgan fingerprint density at radius 1 is 1.25 bits per heavy atom. The fraction of sp³-hybridized carbons (Fsp3) is 0.357. The largest absolute Gasteiger partial charge is 0.478 e. The molecule has 6 heteroatoms. The lowest BCUT2D eigenvalue weighted by Crippen LogP contribution is -2.39. The first-order chi connectivity index (χ1) is 9.46. The summed E-state index contributed by atoms with van der Waals surface area (Å²) in [5, 5.41) is 8.68. The zero-order valence-electron chi connectivity index (χ0n) is 11.0. The number of sulfone groups is 1. The Hall–Kier alpha value is -1.66. The molecule has 0 atom stereocenters. The molecular formula is C14H17NO4S. The Labute approximate surface area is 118 Å². The van der Waals surface area contributed by atoms with Crippen LogP contribution < -0.4 is 0 Å². The van der Waals surface area contributed by atoms with Gasteiger partial charge < -0.3 is 5.11 Å². The first kappa shape index (κ1) is 14.7. The number of carbonyl (C=O) groups is 1. The van der Waals surface area contributed by atoms with Crippen LogP contribution in [-0.4, -0.2) is 49.0 Å². The predicted molar refractivity (Wildman–Crippen MR) is 77.0 cm³/mol. The van der Waals surface area contributed by atoms with E-state index in [4.69, 9.17) is 5.11 Å². The van der Waals surface area contributed by atoms with Crippen LogP contribution >= 0.6 is 0 Å². The summed E-state index contributed by atoms with van der Waals surface area (Å²) in [4.78, 5) is 12.7. The molecule has 1 aliphatic heterocycles. The van der Waals surface area contributed by atoms with E-state index in [2.05, 4.69) is 4.90 Å². The fourth-order valence-corrected chi connectivity index (χ4v) is 3.43. The van der Waals surface area contributed by atoms with Crippen LogP contribution in [0.5, 0.6) is 0 Å². The Morgan fingerprint density at radius 3 is 2.55 bits per heavy atom. The second-order valence-electron chi connectivity index (χ2n) is 4.80. The number of benzene rings is 1. The summed E-state index contributed by atoms with van der Waals surface area (Å²) in [5.41, 5.74) is 1.85. The Morgan fingerprint density at radius 2 is 1.90 bits per heavy atom. The van der Waals surface area contributed by atoms with Crippen molar-refractivity contribution in [1.29, 1.82) is 0 Å². The molecule has 108 valence electrons. The van der Waals surface area contributed by atoms with Crippen LogP contribution in [0.4, 0.5) is 0 Å². The predicted octanol–water partition coefficient (Wildman–Crippen LogP) is 1.01. The molecule has 0 radical (unpaired) electrons.